The van der Waals surface area contributed by atoms with Gasteiger partial charge < -0.3 is 28.5 Å². The molecule has 1 N–H and O–H groups in total. The number of esters is 1. The Morgan fingerprint density at radius 2 is 0.782 bits per heavy atom. The van der Waals surface area contributed by atoms with Gasteiger partial charge in [0.2, 0.25) is 5.91 Å². The van der Waals surface area contributed by atoms with Crippen LogP contribution in [0.25, 0.3) is 0 Å². The molecule has 450 valence electrons. The number of nitrogens with one attached hydrogen (secondary N) is 1. The van der Waals surface area contributed by atoms with Crippen molar-refractivity contribution in [3.8, 4) is 0 Å². The van der Waals surface area contributed by atoms with Gasteiger partial charge in [-0.25, -0.2) is 0 Å². The zero-order valence-electron chi connectivity index (χ0n) is 51.3. The summed E-state index contributed by atoms with van der Waals surface area (Å²) in [6.07, 6.45) is 76.5. The molecule has 0 fully saturated rings. The predicted molar refractivity (Wildman–Crippen MR) is 334 cm³/mol. The maximum Gasteiger partial charge on any atom is 0.306 e. The highest BCUT2D eigenvalue weighted by Crippen LogP contribution is 2.38. The second-order valence-corrected chi connectivity index (χ2v) is 24.0. The second-order valence-electron chi connectivity index (χ2n) is 22.6. The number of amides is 1. The Kier molecular flexibility index (Phi) is 54.9. The van der Waals surface area contributed by atoms with E-state index in [-0.39, 0.29) is 24.9 Å². The molecule has 0 radical (unpaired) electrons. The van der Waals surface area contributed by atoms with Crippen LogP contribution in [0.4, 0.5) is 0 Å². The van der Waals surface area contributed by atoms with Gasteiger partial charge in [0, 0.05) is 12.8 Å². The minimum atomic E-state index is -4.71. The molecule has 0 aromatic heterocycles. The molecule has 0 aromatic rings. The van der Waals surface area contributed by atoms with Crippen LogP contribution in [-0.4, -0.2) is 69.4 Å². The molecule has 10 heteroatoms. The topological polar surface area (TPSA) is 114 Å². The lowest BCUT2D eigenvalue weighted by molar-refractivity contribution is -0.870. The third-order valence-electron chi connectivity index (χ3n) is 13.7. The van der Waals surface area contributed by atoms with Crippen LogP contribution < -0.4 is 10.2 Å². The minimum Gasteiger partial charge on any atom is -0.756 e. The zero-order valence-corrected chi connectivity index (χ0v) is 52.2. The first-order chi connectivity index (χ1) is 37.9. The van der Waals surface area contributed by atoms with Gasteiger partial charge in [-0.1, -0.05) is 240 Å². The molecule has 9 nitrogen and oxygen atoms in total. The van der Waals surface area contributed by atoms with E-state index in [2.05, 4.69) is 111 Å². The number of rotatable bonds is 57. The molecular weight excluding hydrogens is 988 g/mol. The Morgan fingerprint density at radius 3 is 1.19 bits per heavy atom. The normalized spacial score (nSPS) is 14.3. The number of carbonyl (C=O) groups is 2. The summed E-state index contributed by atoms with van der Waals surface area (Å²) >= 11 is 0. The molecule has 0 saturated carbocycles. The first-order valence-electron chi connectivity index (χ1n) is 32.0. The molecule has 1 amide bonds. The summed E-state index contributed by atoms with van der Waals surface area (Å²) in [5, 5.41) is 3.02. The van der Waals surface area contributed by atoms with Crippen molar-refractivity contribution in [2.75, 3.05) is 40.9 Å². The average molecular weight is 1110 g/mol. The number of hydrogen-bond acceptors (Lipinski definition) is 7. The van der Waals surface area contributed by atoms with E-state index >= 15 is 0 Å². The van der Waals surface area contributed by atoms with Crippen LogP contribution in [0.1, 0.15) is 271 Å². The van der Waals surface area contributed by atoms with Gasteiger partial charge in [0.15, 0.2) is 0 Å². The van der Waals surface area contributed by atoms with Crippen LogP contribution in [0.3, 0.4) is 0 Å². The lowest BCUT2D eigenvalue weighted by atomic mass is 10.0. The monoisotopic (exact) mass is 1110 g/mol. The highest BCUT2D eigenvalue weighted by molar-refractivity contribution is 7.45. The van der Waals surface area contributed by atoms with Gasteiger partial charge in [-0.3, -0.25) is 14.2 Å². The van der Waals surface area contributed by atoms with Gasteiger partial charge in [0.1, 0.15) is 19.3 Å². The maximum atomic E-state index is 13.5. The van der Waals surface area contributed by atoms with E-state index in [0.717, 1.165) is 128 Å². The van der Waals surface area contributed by atoms with Crippen molar-refractivity contribution in [2.45, 2.75) is 283 Å². The highest BCUT2D eigenvalue weighted by Gasteiger charge is 2.27. The lowest BCUT2D eigenvalue weighted by Gasteiger charge is -2.30. The summed E-state index contributed by atoms with van der Waals surface area (Å²) in [4.78, 5) is 40.0. The summed E-state index contributed by atoms with van der Waals surface area (Å²) in [5.74, 6) is -0.579. The molecule has 3 atom stereocenters. The van der Waals surface area contributed by atoms with Crippen LogP contribution in [0, 0.1) is 0 Å². The van der Waals surface area contributed by atoms with E-state index in [1.54, 1.807) is 0 Å². The number of phosphoric ester groups is 1. The van der Waals surface area contributed by atoms with Crippen LogP contribution in [0.2, 0.25) is 0 Å². The molecule has 78 heavy (non-hydrogen) atoms. The lowest BCUT2D eigenvalue weighted by Crippen LogP contribution is -2.47. The Morgan fingerprint density at radius 1 is 0.449 bits per heavy atom. The fourth-order valence-corrected chi connectivity index (χ4v) is 9.47. The summed E-state index contributed by atoms with van der Waals surface area (Å²) in [5.41, 5.74) is 0. The first-order valence-corrected chi connectivity index (χ1v) is 33.5. The van der Waals surface area contributed by atoms with Crippen LogP contribution in [-0.2, 0) is 27.9 Å². The number of unbranched alkanes of at least 4 members (excludes halogenated alkanes) is 27. The van der Waals surface area contributed by atoms with Crippen molar-refractivity contribution in [3.63, 3.8) is 0 Å². The van der Waals surface area contributed by atoms with Crippen molar-refractivity contribution in [2.24, 2.45) is 0 Å². The second kappa shape index (κ2) is 57.2. The van der Waals surface area contributed by atoms with E-state index in [1.165, 1.54) is 103 Å². The third-order valence-corrected chi connectivity index (χ3v) is 14.7. The molecule has 0 heterocycles. The van der Waals surface area contributed by atoms with Gasteiger partial charge in [-0.15, -0.1) is 0 Å². The molecule has 0 spiro atoms. The fraction of sp³-hybridized carbons (Fsp3) is 0.735. The van der Waals surface area contributed by atoms with Gasteiger partial charge >= 0.3 is 5.97 Å². The quantitative estimate of drug-likeness (QED) is 0.0212. The first kappa shape index (κ1) is 74.9. The number of likely N-dealkylation sites (N-methyl/N-ethyl adjacent to an activating group) is 1. The highest BCUT2D eigenvalue weighted by atomic mass is 31.2. The molecular formula is C68H121N2O7P. The van der Waals surface area contributed by atoms with Crippen LogP contribution in [0.5, 0.6) is 0 Å². The van der Waals surface area contributed by atoms with Gasteiger partial charge in [0.25, 0.3) is 7.82 Å². The van der Waals surface area contributed by atoms with E-state index < -0.39 is 26.6 Å². The van der Waals surface area contributed by atoms with Crippen LogP contribution in [0.15, 0.2) is 97.2 Å². The Labute approximate surface area is 481 Å². The average Bonchev–Trinajstić information content (AvgIpc) is 3.40. The van der Waals surface area contributed by atoms with Crippen molar-refractivity contribution in [3.05, 3.63) is 97.2 Å². The number of quaternary nitrogens is 1. The number of hydrogen-bond donors (Lipinski definition) is 1. The molecule has 0 aliphatic rings. The molecule has 0 rings (SSSR count). The number of nitrogens with zero attached hydrogens (tertiary/aromatic N) is 1. The third kappa shape index (κ3) is 57.6. The predicted octanol–water partition coefficient (Wildman–Crippen LogP) is 19.3. The molecule has 0 saturated heterocycles. The maximum absolute atomic E-state index is 13.5. The van der Waals surface area contributed by atoms with E-state index in [0.29, 0.717) is 23.9 Å². The van der Waals surface area contributed by atoms with Crippen molar-refractivity contribution < 1.29 is 37.3 Å². The largest absolute Gasteiger partial charge is 0.756 e. The van der Waals surface area contributed by atoms with E-state index in [9.17, 15) is 19.0 Å². The van der Waals surface area contributed by atoms with Crippen molar-refractivity contribution >= 4 is 19.7 Å². The van der Waals surface area contributed by atoms with Crippen molar-refractivity contribution in [1.29, 1.82) is 0 Å². The van der Waals surface area contributed by atoms with Gasteiger partial charge in [0.05, 0.1) is 33.8 Å². The SMILES string of the molecule is CCCCC/C=C\C/C=C\C/C=C\C/C=C\CCCCCCCC(=O)OC(/C=C/CCCCCCCCCCCC)C(COP(=O)([O-])OCC[N+](C)(C)C)NC(=O)CCCCCCCC/C=C\C/C=C\C/C=C\CCCCC. The summed E-state index contributed by atoms with van der Waals surface area (Å²) in [6, 6.07) is -0.909. The number of allylic oxidation sites excluding steroid dienone is 15. The molecule has 0 aromatic carbocycles. The molecule has 3 unspecified atom stereocenters. The fourth-order valence-electron chi connectivity index (χ4n) is 8.75. The van der Waals surface area contributed by atoms with Crippen LogP contribution >= 0.6 is 7.82 Å². The van der Waals surface area contributed by atoms with E-state index in [1.807, 2.05) is 33.3 Å². The number of phosphoric acid groups is 1. The van der Waals surface area contributed by atoms with Crippen molar-refractivity contribution in [1.82, 2.24) is 5.32 Å². The molecule has 0 aliphatic carbocycles. The minimum absolute atomic E-state index is 0.0328. The smallest absolute Gasteiger partial charge is 0.306 e. The number of carbonyl (C=O) groups excluding carboxylic acids is 2. The summed E-state index contributed by atoms with van der Waals surface area (Å²) in [7, 11) is 1.15. The van der Waals surface area contributed by atoms with Gasteiger partial charge in [-0.2, -0.15) is 0 Å². The zero-order chi connectivity index (χ0) is 57.2. The Balaban J connectivity index is 5.30. The number of ether oxygens (including phenoxy) is 1. The standard InChI is InChI=1S/C68H121N2O7P/c1-7-10-13-16-19-22-25-28-30-32-34-35-37-39-41-43-46-49-52-55-58-61-68(72)77-66(59-56-53-50-47-44-27-24-21-18-15-12-9-3)65(64-76-78(73,74)75-63-62-70(4,5)6)69-67(71)60-57-54-51-48-45-42-40-38-36-33-31-29-26-23-20-17-14-11-8-2/h19-20,22-23,28-31,34-36,38-39,41,56,59,65-66H,7-18,21,24-27,32-33,37,40,42-55,57-58,60-64H2,1-6H3,(H-,69,71,73,74)/b22-19-,23-20-,30-28-,31-29-,35-34-,38-36-,41-39-,59-56+. The molecule has 0 bridgehead atoms. The Hall–Kier alpha value is -3.07. The van der Waals surface area contributed by atoms with E-state index in [4.69, 9.17) is 13.8 Å². The summed E-state index contributed by atoms with van der Waals surface area (Å²) in [6.45, 7) is 6.76. The van der Waals surface area contributed by atoms with Gasteiger partial charge in [-0.05, 0) is 115 Å². The Bertz CT molecular complexity index is 1660. The summed E-state index contributed by atoms with van der Waals surface area (Å²) < 4.78 is 30.3. The molecule has 0 aliphatic heterocycles.